The zero-order valence-electron chi connectivity index (χ0n) is 61.3. The molecule has 0 amide bonds. The van der Waals surface area contributed by atoms with Crippen molar-refractivity contribution in [1.82, 2.24) is 0 Å². The Kier molecular flexibility index (Phi) is 68.3. The van der Waals surface area contributed by atoms with E-state index in [0.717, 1.165) is 128 Å². The van der Waals surface area contributed by atoms with E-state index < -0.39 is 97.5 Å². The molecule has 0 saturated heterocycles. The molecule has 0 saturated carbocycles. The van der Waals surface area contributed by atoms with Gasteiger partial charge in [-0.1, -0.05) is 301 Å². The Morgan fingerprint density at radius 3 is 0.865 bits per heavy atom. The van der Waals surface area contributed by atoms with Crippen molar-refractivity contribution >= 4 is 39.5 Å². The predicted molar refractivity (Wildman–Crippen MR) is 390 cm³/mol. The lowest BCUT2D eigenvalue weighted by atomic mass is 10.0. The number of carbonyl (C=O) groups is 4. The molecule has 0 aromatic carbocycles. The van der Waals surface area contributed by atoms with Crippen LogP contribution in [0.15, 0.2) is 48.6 Å². The maximum Gasteiger partial charge on any atom is 0.472 e. The first-order chi connectivity index (χ1) is 46.7. The zero-order chi connectivity index (χ0) is 70.4. The van der Waals surface area contributed by atoms with Crippen LogP contribution in [0.3, 0.4) is 0 Å². The summed E-state index contributed by atoms with van der Waals surface area (Å²) in [5.41, 5.74) is 0. The molecule has 0 spiro atoms. The van der Waals surface area contributed by atoms with Crippen LogP contribution in [0.25, 0.3) is 0 Å². The lowest BCUT2D eigenvalue weighted by Crippen LogP contribution is -2.30. The van der Waals surface area contributed by atoms with Gasteiger partial charge in [0.1, 0.15) is 19.3 Å². The first-order valence-corrected chi connectivity index (χ1v) is 41.9. The molecule has 3 N–H and O–H groups in total. The molecular weight excluding hydrogens is 1260 g/mol. The van der Waals surface area contributed by atoms with Crippen LogP contribution in [0.1, 0.15) is 362 Å². The molecule has 0 bridgehead atoms. The highest BCUT2D eigenvalue weighted by molar-refractivity contribution is 7.47. The van der Waals surface area contributed by atoms with Crippen LogP contribution in [-0.4, -0.2) is 96.7 Å². The first-order valence-electron chi connectivity index (χ1n) is 38.9. The third-order valence-corrected chi connectivity index (χ3v) is 18.7. The molecule has 0 radical (unpaired) electrons. The molecule has 19 heteroatoms. The quantitative estimate of drug-likeness (QED) is 0.0128. The second-order valence-electron chi connectivity index (χ2n) is 26.3. The number of ether oxygens (including phenoxy) is 4. The van der Waals surface area contributed by atoms with Gasteiger partial charge < -0.3 is 33.8 Å². The number of esters is 4. The van der Waals surface area contributed by atoms with Crippen molar-refractivity contribution in [1.29, 1.82) is 0 Å². The van der Waals surface area contributed by atoms with Crippen LogP contribution in [-0.2, 0) is 65.4 Å². The monoisotopic (exact) mass is 1400 g/mol. The van der Waals surface area contributed by atoms with E-state index in [4.69, 9.17) is 37.0 Å². The molecule has 0 heterocycles. The number of phosphoric ester groups is 2. The Morgan fingerprint density at radius 2 is 0.542 bits per heavy atom. The minimum absolute atomic E-state index is 0.0802. The third-order valence-electron chi connectivity index (χ3n) is 16.8. The van der Waals surface area contributed by atoms with E-state index in [0.29, 0.717) is 25.7 Å². The number of carbonyl (C=O) groups excluding carboxylic acids is 4. The Balaban J connectivity index is 5.33. The number of phosphoric acid groups is 2. The Labute approximate surface area is 585 Å². The molecule has 17 nitrogen and oxygen atoms in total. The summed E-state index contributed by atoms with van der Waals surface area (Å²) in [5, 5.41) is 10.6. The fourth-order valence-electron chi connectivity index (χ4n) is 10.8. The number of allylic oxidation sites excluding steroid dienone is 8. The van der Waals surface area contributed by atoms with E-state index in [-0.39, 0.29) is 25.7 Å². The number of hydrogen-bond donors (Lipinski definition) is 3. The second kappa shape index (κ2) is 70.5. The molecule has 562 valence electrons. The van der Waals surface area contributed by atoms with Crippen molar-refractivity contribution in [2.75, 3.05) is 39.6 Å². The van der Waals surface area contributed by atoms with E-state index in [1.165, 1.54) is 154 Å². The second-order valence-corrected chi connectivity index (χ2v) is 29.2. The number of rotatable bonds is 74. The molecule has 0 aliphatic carbocycles. The maximum absolute atomic E-state index is 13.1. The largest absolute Gasteiger partial charge is 0.472 e. The molecule has 0 aromatic rings. The number of unbranched alkanes of at least 4 members (excludes halogenated alkanes) is 41. The molecule has 0 aromatic heterocycles. The molecule has 0 aliphatic rings. The first kappa shape index (κ1) is 93.0. The van der Waals surface area contributed by atoms with Crippen molar-refractivity contribution in [2.24, 2.45) is 0 Å². The topological polar surface area (TPSA) is 237 Å². The van der Waals surface area contributed by atoms with Crippen LogP contribution >= 0.6 is 15.6 Å². The molecule has 2 unspecified atom stereocenters. The van der Waals surface area contributed by atoms with Crippen molar-refractivity contribution in [3.05, 3.63) is 48.6 Å². The SMILES string of the molecule is CCCCC/C=C\C/C=C\CCCCCCCC(=O)O[C@H](COC(=O)CCCCCCC/C=C\C=C/CCCCCC)COP(=O)(O)OC[C@H](O)COP(=O)(O)OC[C@@H](COC(=O)CCCCCCCCCCCCCCC)OC(=O)CCCCCCCCCCCCCCC. The maximum atomic E-state index is 13.1. The molecule has 0 rings (SSSR count). The van der Waals surface area contributed by atoms with Gasteiger partial charge in [0.15, 0.2) is 12.2 Å². The average molecular weight is 1400 g/mol. The van der Waals surface area contributed by atoms with Crippen molar-refractivity contribution in [3.63, 3.8) is 0 Å². The van der Waals surface area contributed by atoms with E-state index in [1.54, 1.807) is 0 Å². The van der Waals surface area contributed by atoms with Crippen LogP contribution in [0, 0.1) is 0 Å². The van der Waals surface area contributed by atoms with Crippen molar-refractivity contribution in [3.8, 4) is 0 Å². The number of aliphatic hydroxyl groups excluding tert-OH is 1. The summed E-state index contributed by atoms with van der Waals surface area (Å²) in [7, 11) is -9.93. The van der Waals surface area contributed by atoms with E-state index in [1.807, 2.05) is 0 Å². The van der Waals surface area contributed by atoms with Crippen LogP contribution in [0.5, 0.6) is 0 Å². The zero-order valence-corrected chi connectivity index (χ0v) is 63.1. The summed E-state index contributed by atoms with van der Waals surface area (Å²) < 4.78 is 68.5. The fraction of sp³-hybridized carbons (Fsp3) is 0.844. The third kappa shape index (κ3) is 69.5. The molecule has 0 fully saturated rings. The average Bonchev–Trinajstić information content (AvgIpc) is 1.43. The lowest BCUT2D eigenvalue weighted by Gasteiger charge is -2.21. The highest BCUT2D eigenvalue weighted by Gasteiger charge is 2.30. The number of hydrogen-bond acceptors (Lipinski definition) is 15. The standard InChI is InChI=1S/C77H142O17P2/c1-5-9-13-17-21-25-29-33-35-39-42-46-50-54-58-62-75(80)88-68-73(94-77(82)64-60-56-52-48-44-40-36-34-30-26-22-18-14-10-6-2)70-92-96(85,86)90-66-71(78)65-89-95(83,84)91-69-72(93-76(81)63-59-55-51-47-43-38-32-28-24-20-16-12-8-4)67-87-74(79)61-57-53-49-45-41-37-31-27-23-19-15-11-7-3/h22,25-26,29,33-36,71-73,78H,5-21,23-24,27-28,30-32,37-70H2,1-4H3,(H,83,84)(H,85,86)/b26-22-,29-25-,35-33-,36-34-/t71-,72-,73-/m1/s1. The van der Waals surface area contributed by atoms with Gasteiger partial charge in [-0.3, -0.25) is 37.3 Å². The minimum Gasteiger partial charge on any atom is -0.462 e. The van der Waals surface area contributed by atoms with Gasteiger partial charge in [-0.2, -0.15) is 0 Å². The normalized spacial score (nSPS) is 14.2. The summed E-state index contributed by atoms with van der Waals surface area (Å²) in [6.45, 7) is 4.86. The summed E-state index contributed by atoms with van der Waals surface area (Å²) >= 11 is 0. The predicted octanol–water partition coefficient (Wildman–Crippen LogP) is 22.1. The lowest BCUT2D eigenvalue weighted by molar-refractivity contribution is -0.161. The molecule has 5 atom stereocenters. The Morgan fingerprint density at radius 1 is 0.302 bits per heavy atom. The minimum atomic E-state index is -4.97. The van der Waals surface area contributed by atoms with Gasteiger partial charge in [-0.25, -0.2) is 9.13 Å². The van der Waals surface area contributed by atoms with Crippen LogP contribution < -0.4 is 0 Å². The highest BCUT2D eigenvalue weighted by atomic mass is 31.2. The van der Waals surface area contributed by atoms with Crippen molar-refractivity contribution < 1.29 is 80.2 Å². The summed E-state index contributed by atoms with van der Waals surface area (Å²) in [4.78, 5) is 72.8. The van der Waals surface area contributed by atoms with E-state index in [2.05, 4.69) is 76.3 Å². The smallest absolute Gasteiger partial charge is 0.462 e. The van der Waals surface area contributed by atoms with Gasteiger partial charge in [0.25, 0.3) is 0 Å². The van der Waals surface area contributed by atoms with E-state index >= 15 is 0 Å². The van der Waals surface area contributed by atoms with Gasteiger partial charge in [0, 0.05) is 25.7 Å². The Bertz CT molecular complexity index is 2010. The van der Waals surface area contributed by atoms with Gasteiger partial charge in [0.05, 0.1) is 26.4 Å². The number of aliphatic hydroxyl groups is 1. The van der Waals surface area contributed by atoms with Gasteiger partial charge in [0.2, 0.25) is 0 Å². The van der Waals surface area contributed by atoms with E-state index in [9.17, 15) is 43.2 Å². The Hall–Kier alpha value is -2.98. The van der Waals surface area contributed by atoms with Crippen LogP contribution in [0.4, 0.5) is 0 Å². The van der Waals surface area contributed by atoms with Gasteiger partial charge >= 0.3 is 39.5 Å². The van der Waals surface area contributed by atoms with Crippen molar-refractivity contribution in [2.45, 2.75) is 380 Å². The molecule has 96 heavy (non-hydrogen) atoms. The van der Waals surface area contributed by atoms with Gasteiger partial charge in [-0.05, 0) is 83.5 Å². The fourth-order valence-corrected chi connectivity index (χ4v) is 12.4. The molecule has 0 aliphatic heterocycles. The highest BCUT2D eigenvalue weighted by Crippen LogP contribution is 2.45. The van der Waals surface area contributed by atoms with Gasteiger partial charge in [-0.15, -0.1) is 0 Å². The summed E-state index contributed by atoms with van der Waals surface area (Å²) in [5.74, 6) is -2.17. The summed E-state index contributed by atoms with van der Waals surface area (Å²) in [6, 6.07) is 0. The molecular formula is C77H142O17P2. The van der Waals surface area contributed by atoms with Crippen LogP contribution in [0.2, 0.25) is 0 Å². The summed E-state index contributed by atoms with van der Waals surface area (Å²) in [6.07, 6.45) is 66.6.